The maximum Gasteiger partial charge on any atom is 0.0459 e. The van der Waals surface area contributed by atoms with Crippen LogP contribution in [0.5, 0.6) is 0 Å². The van der Waals surface area contributed by atoms with E-state index in [4.69, 9.17) is 23.1 Å². The monoisotopic (exact) mass is 261 g/mol. The van der Waals surface area contributed by atoms with Gasteiger partial charge in [0.2, 0.25) is 0 Å². The van der Waals surface area contributed by atoms with Crippen LogP contribution < -0.4 is 16.8 Å². The summed E-state index contributed by atoms with van der Waals surface area (Å²) in [5.74, 6) is 0. The molecule has 0 saturated carbocycles. The Morgan fingerprint density at radius 1 is 1.06 bits per heavy atom. The lowest BCUT2D eigenvalue weighted by Gasteiger charge is -2.09. The normalized spacial score (nSPS) is 10.3. The van der Waals surface area contributed by atoms with Crippen molar-refractivity contribution in [2.75, 3.05) is 11.1 Å². The van der Waals surface area contributed by atoms with Crippen molar-refractivity contribution in [3.05, 3.63) is 58.6 Å². The van der Waals surface area contributed by atoms with Gasteiger partial charge in [0.25, 0.3) is 0 Å². The van der Waals surface area contributed by atoms with E-state index in [2.05, 4.69) is 5.32 Å². The van der Waals surface area contributed by atoms with Crippen molar-refractivity contribution in [2.45, 2.75) is 13.1 Å². The van der Waals surface area contributed by atoms with E-state index in [0.717, 1.165) is 27.5 Å². The molecule has 4 heteroatoms. The van der Waals surface area contributed by atoms with Gasteiger partial charge in [-0.15, -0.1) is 0 Å². The van der Waals surface area contributed by atoms with E-state index in [1.54, 1.807) is 0 Å². The lowest BCUT2D eigenvalue weighted by atomic mass is 10.1. The minimum atomic E-state index is 0.505. The number of halogens is 1. The predicted molar refractivity (Wildman–Crippen MR) is 77.5 cm³/mol. The first-order chi connectivity index (χ1) is 8.69. The number of nitrogens with one attached hydrogen (secondary N) is 1. The maximum atomic E-state index is 6.18. The zero-order valence-electron chi connectivity index (χ0n) is 9.99. The van der Waals surface area contributed by atoms with Gasteiger partial charge in [-0.05, 0) is 41.5 Å². The highest BCUT2D eigenvalue weighted by Crippen LogP contribution is 2.19. The highest BCUT2D eigenvalue weighted by molar-refractivity contribution is 6.31. The summed E-state index contributed by atoms with van der Waals surface area (Å²) < 4.78 is 0. The topological polar surface area (TPSA) is 64.1 Å². The largest absolute Gasteiger partial charge is 0.399 e. The Hall–Kier alpha value is -1.71. The molecule has 0 bridgehead atoms. The van der Waals surface area contributed by atoms with Crippen molar-refractivity contribution in [1.82, 2.24) is 0 Å². The van der Waals surface area contributed by atoms with E-state index in [1.165, 1.54) is 0 Å². The molecule has 0 aromatic heterocycles. The number of nitrogens with two attached hydrogens (primary N) is 2. The first kappa shape index (κ1) is 12.7. The second kappa shape index (κ2) is 5.76. The van der Waals surface area contributed by atoms with Gasteiger partial charge < -0.3 is 16.8 Å². The van der Waals surface area contributed by atoms with Crippen molar-refractivity contribution < 1.29 is 0 Å². The predicted octanol–water partition coefficient (Wildman–Crippen LogP) is 2.99. The maximum absolute atomic E-state index is 6.18. The number of benzene rings is 2. The lowest BCUT2D eigenvalue weighted by Crippen LogP contribution is -2.02. The number of hydrogen-bond donors (Lipinski definition) is 3. The molecule has 94 valence electrons. The van der Waals surface area contributed by atoms with Crippen LogP contribution in [0, 0.1) is 0 Å². The van der Waals surface area contributed by atoms with Crippen molar-refractivity contribution in [1.29, 1.82) is 0 Å². The lowest BCUT2D eigenvalue weighted by molar-refractivity contribution is 1.06. The highest BCUT2D eigenvalue weighted by Gasteiger charge is 2.01. The van der Waals surface area contributed by atoms with Crippen LogP contribution in [0.2, 0.25) is 5.02 Å². The summed E-state index contributed by atoms with van der Waals surface area (Å²) in [6.07, 6.45) is 0. The van der Waals surface area contributed by atoms with E-state index in [1.807, 2.05) is 42.5 Å². The minimum Gasteiger partial charge on any atom is -0.399 e. The molecule has 0 amide bonds. The fraction of sp³-hybridized carbons (Fsp3) is 0.143. The summed E-state index contributed by atoms with van der Waals surface area (Å²) >= 11 is 6.18. The fourth-order valence-corrected chi connectivity index (χ4v) is 1.93. The number of rotatable bonds is 4. The minimum absolute atomic E-state index is 0.505. The van der Waals surface area contributed by atoms with Gasteiger partial charge >= 0.3 is 0 Å². The second-order valence-electron chi connectivity index (χ2n) is 4.11. The average Bonchev–Trinajstić information content (AvgIpc) is 2.39. The summed E-state index contributed by atoms with van der Waals surface area (Å²) in [5.41, 5.74) is 15.0. The third-order valence-corrected chi connectivity index (χ3v) is 3.10. The molecule has 0 radical (unpaired) electrons. The van der Waals surface area contributed by atoms with Gasteiger partial charge in [0.05, 0.1) is 0 Å². The summed E-state index contributed by atoms with van der Waals surface area (Å²) in [6, 6.07) is 13.5. The molecule has 0 aliphatic heterocycles. The van der Waals surface area contributed by atoms with Gasteiger partial charge in [0.15, 0.2) is 0 Å². The van der Waals surface area contributed by atoms with Gasteiger partial charge in [-0.3, -0.25) is 0 Å². The van der Waals surface area contributed by atoms with Crippen LogP contribution in [0.4, 0.5) is 11.4 Å². The van der Waals surface area contributed by atoms with Crippen LogP contribution >= 0.6 is 11.6 Å². The first-order valence-corrected chi connectivity index (χ1v) is 6.13. The van der Waals surface area contributed by atoms with Crippen LogP contribution in [-0.4, -0.2) is 0 Å². The van der Waals surface area contributed by atoms with E-state index in [-0.39, 0.29) is 0 Å². The van der Waals surface area contributed by atoms with Crippen molar-refractivity contribution in [3.63, 3.8) is 0 Å². The highest BCUT2D eigenvalue weighted by atomic mass is 35.5. The van der Waals surface area contributed by atoms with E-state index in [9.17, 15) is 0 Å². The van der Waals surface area contributed by atoms with E-state index in [0.29, 0.717) is 13.1 Å². The van der Waals surface area contributed by atoms with E-state index >= 15 is 0 Å². The van der Waals surface area contributed by atoms with Gasteiger partial charge in [0, 0.05) is 29.5 Å². The molecule has 0 atom stereocenters. The van der Waals surface area contributed by atoms with Gasteiger partial charge in [0.1, 0.15) is 0 Å². The SMILES string of the molecule is NCc1ccc(CNc2ccc(N)cc2)c(Cl)c1. The van der Waals surface area contributed by atoms with Crippen LogP contribution in [0.25, 0.3) is 0 Å². The van der Waals surface area contributed by atoms with Gasteiger partial charge in [-0.1, -0.05) is 23.7 Å². The fourth-order valence-electron chi connectivity index (χ4n) is 1.66. The van der Waals surface area contributed by atoms with Crippen LogP contribution in [0.3, 0.4) is 0 Å². The molecule has 0 fully saturated rings. The molecule has 18 heavy (non-hydrogen) atoms. The molecule has 0 heterocycles. The zero-order chi connectivity index (χ0) is 13.0. The van der Waals surface area contributed by atoms with Crippen molar-refractivity contribution in [2.24, 2.45) is 5.73 Å². The van der Waals surface area contributed by atoms with Crippen LogP contribution in [0.15, 0.2) is 42.5 Å². The molecular weight excluding hydrogens is 246 g/mol. The molecule has 0 unspecified atom stereocenters. The van der Waals surface area contributed by atoms with E-state index < -0.39 is 0 Å². The zero-order valence-corrected chi connectivity index (χ0v) is 10.7. The molecule has 0 spiro atoms. The quantitative estimate of drug-likeness (QED) is 0.742. The Balaban J connectivity index is 2.04. The van der Waals surface area contributed by atoms with Crippen LogP contribution in [0.1, 0.15) is 11.1 Å². The Labute approximate surface area is 112 Å². The molecular formula is C14H16ClN3. The molecule has 3 nitrogen and oxygen atoms in total. The third-order valence-electron chi connectivity index (χ3n) is 2.75. The second-order valence-corrected chi connectivity index (χ2v) is 4.51. The van der Waals surface area contributed by atoms with Gasteiger partial charge in [-0.2, -0.15) is 0 Å². The molecule has 2 aromatic carbocycles. The Morgan fingerprint density at radius 3 is 2.39 bits per heavy atom. The summed E-state index contributed by atoms with van der Waals surface area (Å²) in [4.78, 5) is 0. The first-order valence-electron chi connectivity index (χ1n) is 5.76. The molecule has 0 saturated heterocycles. The van der Waals surface area contributed by atoms with Gasteiger partial charge in [-0.25, -0.2) is 0 Å². The van der Waals surface area contributed by atoms with Crippen molar-refractivity contribution in [3.8, 4) is 0 Å². The number of anilines is 2. The standard InChI is InChI=1S/C14H16ClN3/c15-14-7-10(8-16)1-2-11(14)9-18-13-5-3-12(17)4-6-13/h1-7,18H,8-9,16-17H2. The molecule has 0 aliphatic rings. The average molecular weight is 262 g/mol. The summed E-state index contributed by atoms with van der Waals surface area (Å²) in [6.45, 7) is 1.18. The Morgan fingerprint density at radius 2 is 1.78 bits per heavy atom. The summed E-state index contributed by atoms with van der Waals surface area (Å²) in [7, 11) is 0. The molecule has 0 aliphatic carbocycles. The van der Waals surface area contributed by atoms with Crippen LogP contribution in [-0.2, 0) is 13.1 Å². The summed E-state index contributed by atoms with van der Waals surface area (Å²) in [5, 5.41) is 4.03. The number of nitrogen functional groups attached to an aromatic ring is 1. The smallest absolute Gasteiger partial charge is 0.0459 e. The molecule has 2 rings (SSSR count). The molecule has 5 N–H and O–H groups in total. The van der Waals surface area contributed by atoms with Crippen molar-refractivity contribution >= 4 is 23.0 Å². The number of hydrogen-bond acceptors (Lipinski definition) is 3. The Kier molecular flexibility index (Phi) is 4.07. The Bertz CT molecular complexity index is 523. The molecule has 2 aromatic rings. The third kappa shape index (κ3) is 3.15.